The Hall–Kier alpha value is -1.88. The van der Waals surface area contributed by atoms with Crippen LogP contribution in [0.1, 0.15) is 25.7 Å². The first-order chi connectivity index (χ1) is 10.1. The topological polar surface area (TPSA) is 78.4 Å². The Labute approximate surface area is 124 Å². The molecule has 21 heavy (non-hydrogen) atoms. The zero-order valence-electron chi connectivity index (χ0n) is 12.0. The van der Waals surface area contributed by atoms with Gasteiger partial charge in [0.15, 0.2) is 0 Å². The van der Waals surface area contributed by atoms with Crippen LogP contribution in [-0.2, 0) is 9.59 Å². The quantitative estimate of drug-likeness (QED) is 0.750. The molecule has 0 atom stereocenters. The summed E-state index contributed by atoms with van der Waals surface area (Å²) in [5.41, 5.74) is 0.797. The zero-order chi connectivity index (χ0) is 15.1. The second kappa shape index (κ2) is 7.78. The lowest BCUT2D eigenvalue weighted by molar-refractivity contribution is -0.143. The van der Waals surface area contributed by atoms with Crippen LogP contribution in [-0.4, -0.2) is 30.1 Å². The summed E-state index contributed by atoms with van der Waals surface area (Å²) in [4.78, 5) is 22.6. The molecule has 0 aromatic heterocycles. The van der Waals surface area contributed by atoms with Gasteiger partial charge in [0.2, 0.25) is 5.91 Å². The van der Waals surface area contributed by atoms with Gasteiger partial charge in [-0.1, -0.05) is 18.2 Å². The van der Waals surface area contributed by atoms with Crippen LogP contribution in [0.5, 0.6) is 0 Å². The molecule has 0 spiro atoms. The molecule has 1 saturated carbocycles. The van der Waals surface area contributed by atoms with Crippen molar-refractivity contribution in [1.82, 2.24) is 5.32 Å². The minimum absolute atomic E-state index is 0.0552. The molecule has 0 bridgehead atoms. The van der Waals surface area contributed by atoms with Crippen molar-refractivity contribution in [2.45, 2.75) is 25.7 Å². The number of para-hydroxylation sites is 1. The van der Waals surface area contributed by atoms with Gasteiger partial charge >= 0.3 is 5.97 Å². The maximum Gasteiger partial charge on any atom is 0.306 e. The first-order valence-corrected chi connectivity index (χ1v) is 7.43. The zero-order valence-corrected chi connectivity index (χ0v) is 12.0. The smallest absolute Gasteiger partial charge is 0.306 e. The van der Waals surface area contributed by atoms with E-state index in [4.69, 9.17) is 5.11 Å². The van der Waals surface area contributed by atoms with E-state index >= 15 is 0 Å². The number of rotatable bonds is 6. The fraction of sp³-hybridized carbons (Fsp3) is 0.500. The molecular formula is C16H22N2O3. The lowest BCUT2D eigenvalue weighted by Crippen LogP contribution is -2.33. The molecular weight excluding hydrogens is 268 g/mol. The first kappa shape index (κ1) is 15.5. The van der Waals surface area contributed by atoms with Gasteiger partial charge in [-0.3, -0.25) is 9.59 Å². The number of benzene rings is 1. The summed E-state index contributed by atoms with van der Waals surface area (Å²) in [7, 11) is 0. The number of hydrogen-bond donors (Lipinski definition) is 3. The highest BCUT2D eigenvalue weighted by Crippen LogP contribution is 2.28. The van der Waals surface area contributed by atoms with Crippen LogP contribution in [0, 0.1) is 11.8 Å². The van der Waals surface area contributed by atoms with Gasteiger partial charge in [0.25, 0.3) is 0 Å². The van der Waals surface area contributed by atoms with Crippen LogP contribution in [0.3, 0.4) is 0 Å². The third-order valence-corrected chi connectivity index (χ3v) is 3.97. The van der Waals surface area contributed by atoms with Gasteiger partial charge in [-0.25, -0.2) is 0 Å². The molecule has 2 rings (SSSR count). The monoisotopic (exact) mass is 290 g/mol. The van der Waals surface area contributed by atoms with Crippen LogP contribution in [0.25, 0.3) is 0 Å². The predicted octanol–water partition coefficient (Wildman–Crippen LogP) is 2.11. The number of amides is 1. The van der Waals surface area contributed by atoms with Gasteiger partial charge in [0, 0.05) is 5.69 Å². The lowest BCUT2D eigenvalue weighted by Gasteiger charge is -2.26. The summed E-state index contributed by atoms with van der Waals surface area (Å²) in [6.07, 6.45) is 3.34. The fourth-order valence-corrected chi connectivity index (χ4v) is 2.73. The van der Waals surface area contributed by atoms with Gasteiger partial charge in [-0.05, 0) is 50.3 Å². The number of carboxylic acids is 1. The van der Waals surface area contributed by atoms with Crippen LogP contribution in [0.2, 0.25) is 0 Å². The largest absolute Gasteiger partial charge is 0.481 e. The predicted molar refractivity (Wildman–Crippen MR) is 81.0 cm³/mol. The molecule has 0 unspecified atom stereocenters. The number of carboxylic acid groups (broad SMARTS) is 1. The van der Waals surface area contributed by atoms with E-state index in [1.807, 2.05) is 30.3 Å². The maximum atomic E-state index is 11.7. The van der Waals surface area contributed by atoms with Crippen molar-refractivity contribution in [3.63, 3.8) is 0 Å². The Morgan fingerprint density at radius 2 is 1.76 bits per heavy atom. The Balaban J connectivity index is 1.62. The van der Waals surface area contributed by atoms with E-state index in [1.54, 1.807) is 0 Å². The second-order valence-corrected chi connectivity index (χ2v) is 5.60. The van der Waals surface area contributed by atoms with Crippen molar-refractivity contribution in [1.29, 1.82) is 0 Å². The van der Waals surface area contributed by atoms with Crippen molar-refractivity contribution >= 4 is 17.6 Å². The minimum atomic E-state index is -0.677. The highest BCUT2D eigenvalue weighted by molar-refractivity contribution is 5.92. The number of anilines is 1. The van der Waals surface area contributed by atoms with E-state index < -0.39 is 5.97 Å². The molecule has 0 saturated heterocycles. The third-order valence-electron chi connectivity index (χ3n) is 3.97. The standard InChI is InChI=1S/C16H22N2O3/c19-15(18-14-4-2-1-3-5-14)11-17-10-12-6-8-13(9-7-12)16(20)21/h1-5,12-13,17H,6-11H2,(H,18,19)(H,20,21). The minimum Gasteiger partial charge on any atom is -0.481 e. The van der Waals surface area contributed by atoms with Crippen LogP contribution < -0.4 is 10.6 Å². The van der Waals surface area contributed by atoms with Crippen molar-refractivity contribution in [3.8, 4) is 0 Å². The highest BCUT2D eigenvalue weighted by atomic mass is 16.4. The number of carbonyl (C=O) groups is 2. The Morgan fingerprint density at radius 3 is 2.38 bits per heavy atom. The molecule has 1 aromatic carbocycles. The summed E-state index contributed by atoms with van der Waals surface area (Å²) >= 11 is 0. The Morgan fingerprint density at radius 1 is 1.10 bits per heavy atom. The summed E-state index contributed by atoms with van der Waals surface area (Å²) in [5.74, 6) is -0.433. The van der Waals surface area contributed by atoms with E-state index in [-0.39, 0.29) is 18.4 Å². The number of carbonyl (C=O) groups excluding carboxylic acids is 1. The Bertz CT molecular complexity index is 468. The van der Waals surface area contributed by atoms with Gasteiger partial charge in [-0.2, -0.15) is 0 Å². The molecule has 114 valence electrons. The van der Waals surface area contributed by atoms with E-state index in [0.717, 1.165) is 37.9 Å². The summed E-state index contributed by atoms with van der Waals surface area (Å²) in [6, 6.07) is 9.37. The third kappa shape index (κ3) is 5.19. The highest BCUT2D eigenvalue weighted by Gasteiger charge is 2.25. The van der Waals surface area contributed by atoms with Gasteiger partial charge in [0.05, 0.1) is 12.5 Å². The molecule has 0 radical (unpaired) electrons. The van der Waals surface area contributed by atoms with Crippen molar-refractivity contribution in [2.75, 3.05) is 18.4 Å². The molecule has 5 heteroatoms. The molecule has 0 heterocycles. The van der Waals surface area contributed by atoms with Gasteiger partial charge < -0.3 is 15.7 Å². The molecule has 1 aliphatic rings. The van der Waals surface area contributed by atoms with Crippen LogP contribution >= 0.6 is 0 Å². The fourth-order valence-electron chi connectivity index (χ4n) is 2.73. The van der Waals surface area contributed by atoms with E-state index in [2.05, 4.69) is 10.6 Å². The molecule has 1 fully saturated rings. The molecule has 3 N–H and O–H groups in total. The molecule has 1 aromatic rings. The maximum absolute atomic E-state index is 11.7. The molecule has 1 aliphatic carbocycles. The Kier molecular flexibility index (Phi) is 5.75. The number of nitrogens with one attached hydrogen (secondary N) is 2. The average molecular weight is 290 g/mol. The summed E-state index contributed by atoms with van der Waals surface area (Å²) < 4.78 is 0. The lowest BCUT2D eigenvalue weighted by atomic mass is 9.82. The number of aliphatic carboxylic acids is 1. The van der Waals surface area contributed by atoms with Gasteiger partial charge in [-0.15, -0.1) is 0 Å². The molecule has 1 amide bonds. The van der Waals surface area contributed by atoms with Crippen molar-refractivity contribution in [3.05, 3.63) is 30.3 Å². The van der Waals surface area contributed by atoms with E-state index in [0.29, 0.717) is 5.92 Å². The molecule has 5 nitrogen and oxygen atoms in total. The number of hydrogen-bond acceptors (Lipinski definition) is 3. The van der Waals surface area contributed by atoms with Crippen LogP contribution in [0.15, 0.2) is 30.3 Å². The molecule has 0 aliphatic heterocycles. The van der Waals surface area contributed by atoms with Crippen molar-refractivity contribution < 1.29 is 14.7 Å². The van der Waals surface area contributed by atoms with E-state index in [1.165, 1.54) is 0 Å². The van der Waals surface area contributed by atoms with Crippen molar-refractivity contribution in [2.24, 2.45) is 11.8 Å². The average Bonchev–Trinajstić information content (AvgIpc) is 2.49. The van der Waals surface area contributed by atoms with Gasteiger partial charge in [0.1, 0.15) is 0 Å². The summed E-state index contributed by atoms with van der Waals surface area (Å²) in [6.45, 7) is 1.06. The first-order valence-electron chi connectivity index (χ1n) is 7.43. The summed E-state index contributed by atoms with van der Waals surface area (Å²) in [5, 5.41) is 14.9. The normalized spacial score (nSPS) is 21.7. The van der Waals surface area contributed by atoms with Crippen LogP contribution in [0.4, 0.5) is 5.69 Å². The SMILES string of the molecule is O=C(CNCC1CCC(C(=O)O)CC1)Nc1ccccc1. The van der Waals surface area contributed by atoms with E-state index in [9.17, 15) is 9.59 Å². The second-order valence-electron chi connectivity index (χ2n) is 5.60.